The van der Waals surface area contributed by atoms with Crippen LogP contribution in [0.25, 0.3) is 0 Å². The van der Waals surface area contributed by atoms with Gasteiger partial charge in [0.2, 0.25) is 5.91 Å². The van der Waals surface area contributed by atoms with Crippen molar-refractivity contribution in [3.05, 3.63) is 90.5 Å². The third-order valence-electron chi connectivity index (χ3n) is 5.76. The summed E-state index contributed by atoms with van der Waals surface area (Å²) in [4.78, 5) is 63.4. The smallest absolute Gasteiger partial charge is 0.324 e. The van der Waals surface area contributed by atoms with E-state index in [0.29, 0.717) is 17.0 Å². The average Bonchev–Trinajstić information content (AvgIpc) is 3.41. The van der Waals surface area contributed by atoms with E-state index < -0.39 is 45.0 Å². The van der Waals surface area contributed by atoms with Gasteiger partial charge in [-0.05, 0) is 30.4 Å². The monoisotopic (exact) mass is 587 g/mol. The minimum absolute atomic E-state index is 0.0270. The molecular formula is C26H28FN6O7S+. The number of nitro benzene ring substituents is 1. The molecule has 1 aromatic heterocycles. The number of hydrogen-bond donors (Lipinski definition) is 4. The van der Waals surface area contributed by atoms with Crippen LogP contribution >= 0.6 is 11.3 Å². The highest BCUT2D eigenvalue weighted by atomic mass is 32.1. The Hall–Kier alpha value is -4.79. The van der Waals surface area contributed by atoms with E-state index in [2.05, 4.69) is 20.9 Å². The fourth-order valence-electron chi connectivity index (χ4n) is 3.77. The van der Waals surface area contributed by atoms with Crippen LogP contribution in [0.2, 0.25) is 0 Å². The standard InChI is InChI=1S/C26H27FN6O7S/c1-15(2)9-21(31-24(34)17-10-18(32(37)38)12-19(11-17)33(39)40)25(35)29-13-23-30-22(14-41-23)26(36)28-8-7-16-5-3-4-6-20(16)27/h3-6,10-12,14-15,21H,7-9,13H2,1-2H3,(H3-,28,29,31,34,35,36,37,38)/p+1. The molecule has 0 saturated heterocycles. The van der Waals surface area contributed by atoms with E-state index in [-0.39, 0.29) is 42.5 Å². The molecule has 0 fully saturated rings. The lowest BCUT2D eigenvalue weighted by molar-refractivity contribution is -0.729. The predicted octanol–water partition coefficient (Wildman–Crippen LogP) is 3.42. The van der Waals surface area contributed by atoms with E-state index in [4.69, 9.17) is 5.21 Å². The van der Waals surface area contributed by atoms with Crippen LogP contribution in [0, 0.1) is 26.8 Å². The summed E-state index contributed by atoms with van der Waals surface area (Å²) in [7, 11) is 0. The summed E-state index contributed by atoms with van der Waals surface area (Å²) < 4.78 is 13.7. The van der Waals surface area contributed by atoms with Gasteiger partial charge in [-0.3, -0.25) is 24.5 Å². The molecule has 15 heteroatoms. The van der Waals surface area contributed by atoms with Crippen molar-refractivity contribution in [2.75, 3.05) is 6.54 Å². The lowest BCUT2D eigenvalue weighted by atomic mass is 10.0. The SMILES string of the molecule is CC(C)CC(NC(=O)c1cc([N+](=O)[O-])cc([N+](=O)O)c1)C(=O)NCc1nc(C(=O)NCCc2ccccc2F)cs1. The number of nitro groups is 1. The highest BCUT2D eigenvalue weighted by Gasteiger charge is 2.27. The number of carbonyl (C=O) groups excluding carboxylic acids is 3. The third-order valence-corrected chi connectivity index (χ3v) is 6.61. The molecule has 0 aliphatic carbocycles. The molecule has 1 atom stereocenters. The fraction of sp³-hybridized carbons (Fsp3) is 0.308. The zero-order valence-electron chi connectivity index (χ0n) is 22.1. The van der Waals surface area contributed by atoms with E-state index in [1.807, 2.05) is 13.8 Å². The van der Waals surface area contributed by atoms with Gasteiger partial charge in [-0.1, -0.05) is 32.0 Å². The lowest BCUT2D eigenvalue weighted by Crippen LogP contribution is -2.47. The van der Waals surface area contributed by atoms with Crippen LogP contribution in [-0.4, -0.2) is 50.3 Å². The summed E-state index contributed by atoms with van der Waals surface area (Å²) in [5.41, 5.74) is -0.800. The van der Waals surface area contributed by atoms with Crippen molar-refractivity contribution in [3.63, 3.8) is 0 Å². The number of rotatable bonds is 13. The molecular weight excluding hydrogens is 559 g/mol. The van der Waals surface area contributed by atoms with E-state index in [1.54, 1.807) is 18.2 Å². The van der Waals surface area contributed by atoms with Gasteiger partial charge in [0.25, 0.3) is 22.4 Å². The molecule has 216 valence electrons. The van der Waals surface area contributed by atoms with Crippen molar-refractivity contribution in [2.24, 2.45) is 5.92 Å². The van der Waals surface area contributed by atoms with Gasteiger partial charge >= 0.3 is 5.69 Å². The second kappa shape index (κ2) is 14.0. The number of halogens is 1. The van der Waals surface area contributed by atoms with Gasteiger partial charge in [-0.25, -0.2) is 14.6 Å². The number of amides is 3. The first kappa shape index (κ1) is 30.7. The molecule has 3 amide bonds. The Kier molecular flexibility index (Phi) is 10.5. The Balaban J connectivity index is 1.60. The molecule has 0 aliphatic rings. The van der Waals surface area contributed by atoms with E-state index in [9.17, 15) is 33.8 Å². The predicted molar refractivity (Wildman–Crippen MR) is 145 cm³/mol. The van der Waals surface area contributed by atoms with Crippen LogP contribution in [-0.2, 0) is 17.8 Å². The second-order valence-electron chi connectivity index (χ2n) is 9.37. The summed E-state index contributed by atoms with van der Waals surface area (Å²) in [6.45, 7) is 3.83. The topological polar surface area (TPSA) is 184 Å². The molecule has 1 heterocycles. The minimum atomic E-state index is -1.04. The highest BCUT2D eigenvalue weighted by molar-refractivity contribution is 7.09. The summed E-state index contributed by atoms with van der Waals surface area (Å²) in [6.07, 6.45) is 0.530. The quantitative estimate of drug-likeness (QED) is 0.173. The fourth-order valence-corrected chi connectivity index (χ4v) is 4.49. The van der Waals surface area contributed by atoms with Crippen LogP contribution < -0.4 is 16.0 Å². The summed E-state index contributed by atoms with van der Waals surface area (Å²) in [5.74, 6) is -2.25. The molecule has 0 saturated carbocycles. The zero-order chi connectivity index (χ0) is 30.1. The highest BCUT2D eigenvalue weighted by Crippen LogP contribution is 2.22. The average molecular weight is 588 g/mol. The molecule has 0 aliphatic heterocycles. The van der Waals surface area contributed by atoms with Gasteiger partial charge in [0.05, 0.1) is 28.0 Å². The number of thiazole rings is 1. The Morgan fingerprint density at radius 2 is 1.78 bits per heavy atom. The van der Waals surface area contributed by atoms with Crippen molar-refractivity contribution in [3.8, 4) is 0 Å². The second-order valence-corrected chi connectivity index (χ2v) is 10.3. The van der Waals surface area contributed by atoms with E-state index in [0.717, 1.165) is 29.5 Å². The molecule has 41 heavy (non-hydrogen) atoms. The van der Waals surface area contributed by atoms with Gasteiger partial charge in [-0.2, -0.15) is 0 Å². The lowest BCUT2D eigenvalue weighted by Gasteiger charge is -2.20. The first-order chi connectivity index (χ1) is 19.4. The zero-order valence-corrected chi connectivity index (χ0v) is 22.9. The van der Waals surface area contributed by atoms with Crippen LogP contribution in [0.4, 0.5) is 15.8 Å². The molecule has 1 unspecified atom stereocenters. The Bertz CT molecular complexity index is 1430. The molecule has 3 aromatic rings. The molecule has 0 spiro atoms. The Labute approximate surface area is 237 Å². The molecule has 2 aromatic carbocycles. The van der Waals surface area contributed by atoms with Crippen molar-refractivity contribution >= 4 is 40.4 Å². The number of aromatic nitrogens is 1. The largest absolute Gasteiger partial charge is 0.350 e. The number of carbonyl (C=O) groups is 3. The molecule has 4 N–H and O–H groups in total. The van der Waals surface area contributed by atoms with Crippen molar-refractivity contribution in [1.29, 1.82) is 0 Å². The summed E-state index contributed by atoms with van der Waals surface area (Å²) in [6, 6.07) is 7.91. The number of benzene rings is 2. The molecule has 0 bridgehead atoms. The van der Waals surface area contributed by atoms with Crippen molar-refractivity contribution in [2.45, 2.75) is 39.3 Å². The maximum atomic E-state index is 13.7. The van der Waals surface area contributed by atoms with Crippen LogP contribution in [0.3, 0.4) is 0 Å². The minimum Gasteiger partial charge on any atom is -0.350 e. The van der Waals surface area contributed by atoms with Gasteiger partial charge in [0, 0.05) is 24.1 Å². The Morgan fingerprint density at radius 1 is 1.07 bits per heavy atom. The third kappa shape index (κ3) is 8.86. The normalized spacial score (nSPS) is 11.5. The summed E-state index contributed by atoms with van der Waals surface area (Å²) in [5, 5.41) is 30.1. The number of hydrogen-bond acceptors (Lipinski definition) is 8. The van der Waals surface area contributed by atoms with E-state index >= 15 is 0 Å². The number of non-ortho nitro benzene ring substituents is 1. The molecule has 0 radical (unpaired) electrons. The number of nitrogens with one attached hydrogen (secondary N) is 3. The Morgan fingerprint density at radius 3 is 2.44 bits per heavy atom. The van der Waals surface area contributed by atoms with Crippen molar-refractivity contribution in [1.82, 2.24) is 20.9 Å². The van der Waals surface area contributed by atoms with Gasteiger partial charge in [-0.15, -0.1) is 11.3 Å². The first-order valence-corrected chi connectivity index (χ1v) is 13.3. The maximum Gasteiger partial charge on any atom is 0.324 e. The van der Waals surface area contributed by atoms with E-state index in [1.165, 1.54) is 11.4 Å². The molecule has 3 rings (SSSR count). The molecule has 13 nitrogen and oxygen atoms in total. The van der Waals surface area contributed by atoms with Gasteiger partial charge in [0.15, 0.2) is 0 Å². The van der Waals surface area contributed by atoms with Gasteiger partial charge in [0.1, 0.15) is 22.6 Å². The van der Waals surface area contributed by atoms with Crippen LogP contribution in [0.5, 0.6) is 0 Å². The van der Waals surface area contributed by atoms with Crippen LogP contribution in [0.15, 0.2) is 47.8 Å². The number of nitrogens with zero attached hydrogens (tertiary/aromatic N) is 3. The summed E-state index contributed by atoms with van der Waals surface area (Å²) >= 11 is 1.14. The van der Waals surface area contributed by atoms with Crippen molar-refractivity contribution < 1.29 is 33.8 Å². The van der Waals surface area contributed by atoms with Crippen LogP contribution in [0.1, 0.15) is 51.7 Å². The van der Waals surface area contributed by atoms with Gasteiger partial charge < -0.3 is 16.0 Å². The maximum absolute atomic E-state index is 13.7. The first-order valence-electron chi connectivity index (χ1n) is 12.4.